The van der Waals surface area contributed by atoms with Gasteiger partial charge in [0.25, 0.3) is 0 Å². The summed E-state index contributed by atoms with van der Waals surface area (Å²) < 4.78 is 0. The van der Waals surface area contributed by atoms with Crippen LogP contribution in [0.15, 0.2) is 41.7 Å². The molecule has 0 amide bonds. The van der Waals surface area contributed by atoms with Gasteiger partial charge >= 0.3 is 0 Å². The molecule has 1 fully saturated rings. The summed E-state index contributed by atoms with van der Waals surface area (Å²) in [6.07, 6.45) is 8.88. The lowest BCUT2D eigenvalue weighted by Crippen LogP contribution is -2.30. The second-order valence-corrected chi connectivity index (χ2v) is 9.56. The molecule has 3 heterocycles. The van der Waals surface area contributed by atoms with E-state index in [-0.39, 0.29) is 24.5 Å². The first-order valence-corrected chi connectivity index (χ1v) is 11.8. The highest BCUT2D eigenvalue weighted by Gasteiger charge is 2.36. The summed E-state index contributed by atoms with van der Waals surface area (Å²) in [5.41, 5.74) is 6.93. The number of hydrogen-bond donors (Lipinski definition) is 1. The first-order valence-electron chi connectivity index (χ1n) is 11.8. The number of fused-ring (bicyclic) bond motifs is 1. The predicted molar refractivity (Wildman–Crippen MR) is 124 cm³/mol. The Morgan fingerprint density at radius 3 is 2.55 bits per heavy atom. The van der Waals surface area contributed by atoms with E-state index >= 15 is 0 Å². The fourth-order valence-electron chi connectivity index (χ4n) is 5.69. The van der Waals surface area contributed by atoms with Crippen LogP contribution in [0.4, 0.5) is 5.69 Å². The molecule has 1 aliphatic carbocycles. The fourth-order valence-corrected chi connectivity index (χ4v) is 5.69. The molecule has 5 heteroatoms. The molecule has 5 nitrogen and oxygen atoms in total. The van der Waals surface area contributed by atoms with Crippen LogP contribution in [0.3, 0.4) is 0 Å². The van der Waals surface area contributed by atoms with Crippen molar-refractivity contribution >= 4 is 11.4 Å². The van der Waals surface area contributed by atoms with Gasteiger partial charge in [-0.25, -0.2) is 0 Å². The third kappa shape index (κ3) is 3.96. The minimum Gasteiger partial charge on any atom is -0.392 e. The van der Waals surface area contributed by atoms with Crippen molar-refractivity contribution in [3.63, 3.8) is 0 Å². The smallest absolute Gasteiger partial charge is 0.137 e. The maximum atomic E-state index is 9.41. The van der Waals surface area contributed by atoms with Crippen molar-refractivity contribution in [1.82, 2.24) is 4.98 Å². The molecule has 3 unspecified atom stereocenters. The Kier molecular flexibility index (Phi) is 5.70. The monoisotopic (exact) mass is 419 g/mol. The molecule has 0 radical (unpaired) electrons. The van der Waals surface area contributed by atoms with Gasteiger partial charge in [-0.05, 0) is 55.4 Å². The number of oxime groups is 1. The van der Waals surface area contributed by atoms with Gasteiger partial charge in [0.05, 0.1) is 29.6 Å². The van der Waals surface area contributed by atoms with Gasteiger partial charge in [0.1, 0.15) is 6.10 Å². The topological polar surface area (TPSA) is 58.0 Å². The molecule has 164 valence electrons. The number of aliphatic hydroxyl groups is 1. The van der Waals surface area contributed by atoms with Crippen LogP contribution in [-0.4, -0.2) is 35.0 Å². The van der Waals surface area contributed by atoms with Crippen LogP contribution in [0.25, 0.3) is 0 Å². The van der Waals surface area contributed by atoms with Crippen LogP contribution in [0.5, 0.6) is 0 Å². The second-order valence-electron chi connectivity index (χ2n) is 9.56. The van der Waals surface area contributed by atoms with E-state index < -0.39 is 0 Å². The predicted octanol–water partition coefficient (Wildman–Crippen LogP) is 4.98. The van der Waals surface area contributed by atoms with E-state index in [0.29, 0.717) is 0 Å². The Bertz CT molecular complexity index is 950. The summed E-state index contributed by atoms with van der Waals surface area (Å²) in [5.74, 6) is 1.22. The van der Waals surface area contributed by atoms with Crippen molar-refractivity contribution in [3.05, 3.63) is 58.9 Å². The molecular weight excluding hydrogens is 386 g/mol. The van der Waals surface area contributed by atoms with Crippen LogP contribution < -0.4 is 4.90 Å². The maximum Gasteiger partial charge on any atom is 0.137 e. The van der Waals surface area contributed by atoms with Crippen LogP contribution in [0.2, 0.25) is 0 Å². The molecule has 1 aromatic heterocycles. The third-order valence-corrected chi connectivity index (χ3v) is 7.40. The van der Waals surface area contributed by atoms with Crippen LogP contribution in [0.1, 0.15) is 80.2 Å². The summed E-state index contributed by atoms with van der Waals surface area (Å²) in [5, 5.41) is 13.6. The zero-order chi connectivity index (χ0) is 21.4. The molecule has 3 aliphatic rings. The number of rotatable bonds is 5. The molecule has 2 aliphatic heterocycles. The molecule has 3 atom stereocenters. The number of hydrogen-bond acceptors (Lipinski definition) is 5. The van der Waals surface area contributed by atoms with Gasteiger partial charge in [-0.15, -0.1) is 0 Å². The highest BCUT2D eigenvalue weighted by Crippen LogP contribution is 2.42. The van der Waals surface area contributed by atoms with E-state index in [9.17, 15) is 5.11 Å². The molecule has 0 spiro atoms. The minimum absolute atomic E-state index is 0.0508. The Labute approximate surface area is 185 Å². The number of nitrogens with zero attached hydrogens (tertiary/aromatic N) is 3. The number of anilines is 1. The van der Waals surface area contributed by atoms with Crippen molar-refractivity contribution in [3.8, 4) is 0 Å². The summed E-state index contributed by atoms with van der Waals surface area (Å²) in [6, 6.07) is 10.7. The van der Waals surface area contributed by atoms with E-state index in [1.165, 1.54) is 54.6 Å². The molecule has 1 N–H and O–H groups in total. The standard InChI is InChI=1S/C26H33N3O2/c1-17-25(18(2)31-28-17)22-12-24-26(27-13-22)23(21-10-8-20(16-30)9-11-21)15-29(24)14-19-6-4-3-5-7-19/h8-13,18-19,23,25,30H,3-7,14-16H2,1-2H3. The maximum absolute atomic E-state index is 9.41. The Hall–Kier alpha value is -2.40. The van der Waals surface area contributed by atoms with Gasteiger partial charge in [-0.2, -0.15) is 0 Å². The average Bonchev–Trinajstić information content (AvgIpc) is 3.33. The normalized spacial score (nSPS) is 26.0. The summed E-state index contributed by atoms with van der Waals surface area (Å²) in [7, 11) is 0. The van der Waals surface area contributed by atoms with E-state index in [4.69, 9.17) is 9.82 Å². The molecule has 1 aromatic carbocycles. The highest BCUT2D eigenvalue weighted by molar-refractivity contribution is 5.90. The number of aliphatic hydroxyl groups excluding tert-OH is 1. The first-order chi connectivity index (χ1) is 15.1. The van der Waals surface area contributed by atoms with Gasteiger partial charge in [0.2, 0.25) is 0 Å². The molecule has 0 saturated heterocycles. The van der Waals surface area contributed by atoms with Crippen molar-refractivity contribution in [1.29, 1.82) is 0 Å². The molecule has 5 rings (SSSR count). The number of aromatic nitrogens is 1. The Morgan fingerprint density at radius 2 is 1.87 bits per heavy atom. The number of pyridine rings is 1. The lowest BCUT2D eigenvalue weighted by atomic mass is 9.89. The van der Waals surface area contributed by atoms with E-state index in [2.05, 4.69) is 35.2 Å². The van der Waals surface area contributed by atoms with E-state index in [0.717, 1.165) is 30.3 Å². The van der Waals surface area contributed by atoms with Gasteiger partial charge in [0.15, 0.2) is 0 Å². The average molecular weight is 420 g/mol. The first kappa shape index (κ1) is 20.5. The lowest BCUT2D eigenvalue weighted by molar-refractivity contribution is 0.0904. The molecular formula is C26H33N3O2. The van der Waals surface area contributed by atoms with Crippen LogP contribution in [0, 0.1) is 5.92 Å². The quantitative estimate of drug-likeness (QED) is 0.742. The molecule has 0 bridgehead atoms. The lowest BCUT2D eigenvalue weighted by Gasteiger charge is -2.29. The van der Waals surface area contributed by atoms with Crippen molar-refractivity contribution < 1.29 is 9.94 Å². The fraction of sp³-hybridized carbons (Fsp3) is 0.538. The number of benzene rings is 1. The SMILES string of the molecule is CC1=NOC(C)C1c1cnc2c(c1)N(CC1CCCCC1)CC2c1ccc(CO)cc1. The van der Waals surface area contributed by atoms with Gasteiger partial charge < -0.3 is 14.8 Å². The Morgan fingerprint density at radius 1 is 1.10 bits per heavy atom. The van der Waals surface area contributed by atoms with Gasteiger partial charge in [0, 0.05) is 25.2 Å². The van der Waals surface area contributed by atoms with Gasteiger partial charge in [-0.3, -0.25) is 4.98 Å². The summed E-state index contributed by atoms with van der Waals surface area (Å²) in [6.45, 7) is 6.31. The van der Waals surface area contributed by atoms with Crippen molar-refractivity contribution in [2.75, 3.05) is 18.0 Å². The Balaban J connectivity index is 1.48. The molecule has 31 heavy (non-hydrogen) atoms. The summed E-state index contributed by atoms with van der Waals surface area (Å²) >= 11 is 0. The second kappa shape index (κ2) is 8.62. The molecule has 1 saturated carbocycles. The van der Waals surface area contributed by atoms with E-state index in [1.807, 2.05) is 25.3 Å². The van der Waals surface area contributed by atoms with Crippen molar-refractivity contribution in [2.24, 2.45) is 11.1 Å². The zero-order valence-electron chi connectivity index (χ0n) is 18.6. The molecule has 2 aromatic rings. The van der Waals surface area contributed by atoms with Crippen LogP contribution in [-0.2, 0) is 11.4 Å². The van der Waals surface area contributed by atoms with Gasteiger partial charge in [-0.1, -0.05) is 48.7 Å². The van der Waals surface area contributed by atoms with Crippen LogP contribution >= 0.6 is 0 Å². The minimum atomic E-state index is 0.0508. The van der Waals surface area contributed by atoms with E-state index in [1.54, 1.807) is 0 Å². The largest absolute Gasteiger partial charge is 0.392 e. The zero-order valence-corrected chi connectivity index (χ0v) is 18.6. The summed E-state index contributed by atoms with van der Waals surface area (Å²) in [4.78, 5) is 13.1. The van der Waals surface area contributed by atoms with Crippen molar-refractivity contribution in [2.45, 2.75) is 70.5 Å². The highest BCUT2D eigenvalue weighted by atomic mass is 16.6. The third-order valence-electron chi connectivity index (χ3n) is 7.40.